The summed E-state index contributed by atoms with van der Waals surface area (Å²) in [6.45, 7) is 0.308. The fraction of sp³-hybridized carbons (Fsp3) is 0.133. The minimum Gasteiger partial charge on any atom is -0.506 e. The normalized spacial score (nSPS) is 11.9. The lowest BCUT2D eigenvalue weighted by Gasteiger charge is -2.11. The Morgan fingerprint density at radius 2 is 1.90 bits per heavy atom. The van der Waals surface area contributed by atoms with E-state index in [1.807, 2.05) is 30.3 Å². The van der Waals surface area contributed by atoms with Crippen LogP contribution in [0.3, 0.4) is 0 Å². The van der Waals surface area contributed by atoms with Crippen LogP contribution in [0.2, 0.25) is 5.02 Å². The van der Waals surface area contributed by atoms with Crippen LogP contribution in [0.4, 0.5) is 0 Å². The van der Waals surface area contributed by atoms with Crippen molar-refractivity contribution in [2.24, 2.45) is 0 Å². The van der Waals surface area contributed by atoms with Crippen LogP contribution in [0.1, 0.15) is 21.3 Å². The quantitative estimate of drug-likeness (QED) is 0.845. The smallest absolute Gasteiger partial charge is 0.251 e. The third kappa shape index (κ3) is 3.65. The Kier molecular flexibility index (Phi) is 4.88. The van der Waals surface area contributed by atoms with Crippen LogP contribution in [0.25, 0.3) is 0 Å². The van der Waals surface area contributed by atoms with Gasteiger partial charge in [-0.25, -0.2) is 0 Å². The van der Waals surface area contributed by atoms with Gasteiger partial charge in [-0.15, -0.1) is 11.6 Å². The molecule has 2 aromatic rings. The second kappa shape index (κ2) is 6.64. The molecule has 0 aliphatic rings. The molecule has 2 rings (SSSR count). The van der Waals surface area contributed by atoms with Crippen molar-refractivity contribution < 1.29 is 9.90 Å². The van der Waals surface area contributed by atoms with E-state index < -0.39 is 0 Å². The zero-order valence-corrected chi connectivity index (χ0v) is 12.0. The van der Waals surface area contributed by atoms with Gasteiger partial charge < -0.3 is 10.4 Å². The Labute approximate surface area is 127 Å². The first-order valence-corrected chi connectivity index (χ1v) is 6.85. The number of alkyl halides is 1. The molecular weight excluding hydrogens is 297 g/mol. The number of carbonyl (C=O) groups excluding carboxylic acids is 1. The zero-order chi connectivity index (χ0) is 14.5. The number of amides is 1. The predicted octanol–water partition coefficient (Wildman–Crippen LogP) is 3.76. The molecule has 1 unspecified atom stereocenters. The van der Waals surface area contributed by atoms with Crippen LogP contribution in [-0.2, 0) is 0 Å². The van der Waals surface area contributed by atoms with Crippen molar-refractivity contribution in [2.75, 3.05) is 6.54 Å². The second-order valence-corrected chi connectivity index (χ2v) is 5.19. The fourth-order valence-electron chi connectivity index (χ4n) is 1.71. The summed E-state index contributed by atoms with van der Waals surface area (Å²) in [5.74, 6) is -0.337. The molecule has 0 aromatic heterocycles. The summed E-state index contributed by atoms with van der Waals surface area (Å²) >= 11 is 12.0. The summed E-state index contributed by atoms with van der Waals surface area (Å²) in [4.78, 5) is 11.9. The van der Waals surface area contributed by atoms with Crippen LogP contribution in [0.15, 0.2) is 48.5 Å². The van der Waals surface area contributed by atoms with Crippen molar-refractivity contribution in [1.82, 2.24) is 5.32 Å². The number of halogens is 2. The molecule has 0 radical (unpaired) electrons. The van der Waals surface area contributed by atoms with Gasteiger partial charge in [0, 0.05) is 12.1 Å². The molecule has 1 atom stereocenters. The monoisotopic (exact) mass is 309 g/mol. The van der Waals surface area contributed by atoms with Crippen LogP contribution in [-0.4, -0.2) is 17.6 Å². The molecule has 0 aliphatic heterocycles. The van der Waals surface area contributed by atoms with E-state index in [2.05, 4.69) is 5.32 Å². The average molecular weight is 310 g/mol. The van der Waals surface area contributed by atoms with Gasteiger partial charge in [0.2, 0.25) is 0 Å². The molecule has 0 spiro atoms. The van der Waals surface area contributed by atoms with Crippen LogP contribution in [0.5, 0.6) is 5.75 Å². The molecule has 0 fully saturated rings. The number of nitrogens with one attached hydrogen (secondary N) is 1. The molecular formula is C15H13Cl2NO2. The average Bonchev–Trinajstić information content (AvgIpc) is 2.48. The van der Waals surface area contributed by atoms with Gasteiger partial charge >= 0.3 is 0 Å². The summed E-state index contributed by atoms with van der Waals surface area (Å²) in [7, 11) is 0. The summed E-state index contributed by atoms with van der Waals surface area (Å²) in [6, 6.07) is 13.8. The number of phenols is 1. The van der Waals surface area contributed by atoms with Gasteiger partial charge in [0.1, 0.15) is 5.75 Å². The number of hydrogen-bond acceptors (Lipinski definition) is 2. The van der Waals surface area contributed by atoms with Gasteiger partial charge in [-0.3, -0.25) is 4.79 Å². The maximum atomic E-state index is 11.9. The van der Waals surface area contributed by atoms with E-state index in [1.165, 1.54) is 18.2 Å². The molecule has 2 aromatic carbocycles. The first kappa shape index (κ1) is 14.7. The zero-order valence-electron chi connectivity index (χ0n) is 10.5. The van der Waals surface area contributed by atoms with Crippen LogP contribution >= 0.6 is 23.2 Å². The Morgan fingerprint density at radius 1 is 1.20 bits per heavy atom. The molecule has 0 aliphatic carbocycles. The maximum Gasteiger partial charge on any atom is 0.251 e. The largest absolute Gasteiger partial charge is 0.506 e. The van der Waals surface area contributed by atoms with Gasteiger partial charge in [-0.1, -0.05) is 41.9 Å². The molecule has 20 heavy (non-hydrogen) atoms. The van der Waals surface area contributed by atoms with Gasteiger partial charge in [0.05, 0.1) is 10.4 Å². The number of aromatic hydroxyl groups is 1. The Morgan fingerprint density at radius 3 is 2.55 bits per heavy atom. The van der Waals surface area contributed by atoms with Gasteiger partial charge in [-0.05, 0) is 23.8 Å². The maximum absolute atomic E-state index is 11.9. The van der Waals surface area contributed by atoms with E-state index in [1.54, 1.807) is 0 Å². The fourth-order valence-corrected chi connectivity index (χ4v) is 2.12. The lowest BCUT2D eigenvalue weighted by Crippen LogP contribution is -2.26. The predicted molar refractivity (Wildman–Crippen MR) is 80.5 cm³/mol. The van der Waals surface area contributed by atoms with Crippen molar-refractivity contribution in [2.45, 2.75) is 5.38 Å². The highest BCUT2D eigenvalue weighted by atomic mass is 35.5. The van der Waals surface area contributed by atoms with Crippen LogP contribution in [0, 0.1) is 0 Å². The Bertz CT molecular complexity index is 602. The molecule has 5 heteroatoms. The lowest BCUT2D eigenvalue weighted by molar-refractivity contribution is 0.0953. The molecule has 0 saturated carbocycles. The molecule has 1 amide bonds. The third-order valence-electron chi connectivity index (χ3n) is 2.81. The van der Waals surface area contributed by atoms with E-state index >= 15 is 0 Å². The SMILES string of the molecule is O=C(NCC(Cl)c1ccccc1)c1ccc(O)c(Cl)c1. The van der Waals surface area contributed by atoms with Crippen molar-refractivity contribution >= 4 is 29.1 Å². The second-order valence-electron chi connectivity index (χ2n) is 4.25. The molecule has 0 bridgehead atoms. The standard InChI is InChI=1S/C15H13Cl2NO2/c16-12-8-11(6-7-14(12)19)15(20)18-9-13(17)10-4-2-1-3-5-10/h1-8,13,19H,9H2,(H,18,20). The van der Waals surface area contributed by atoms with Crippen molar-refractivity contribution in [1.29, 1.82) is 0 Å². The van der Waals surface area contributed by atoms with Gasteiger partial charge in [0.15, 0.2) is 0 Å². The number of hydrogen-bond donors (Lipinski definition) is 2. The minimum absolute atomic E-state index is 0.0530. The number of carbonyl (C=O) groups is 1. The van der Waals surface area contributed by atoms with Crippen molar-refractivity contribution in [3.05, 3.63) is 64.7 Å². The third-order valence-corrected chi connectivity index (χ3v) is 3.52. The lowest BCUT2D eigenvalue weighted by atomic mass is 10.1. The number of rotatable bonds is 4. The molecule has 0 saturated heterocycles. The highest BCUT2D eigenvalue weighted by molar-refractivity contribution is 6.32. The highest BCUT2D eigenvalue weighted by Crippen LogP contribution is 2.24. The van der Waals surface area contributed by atoms with E-state index in [9.17, 15) is 9.90 Å². The molecule has 104 valence electrons. The van der Waals surface area contributed by atoms with Crippen LogP contribution < -0.4 is 5.32 Å². The molecule has 2 N–H and O–H groups in total. The van der Waals surface area contributed by atoms with Gasteiger partial charge in [-0.2, -0.15) is 0 Å². The summed E-state index contributed by atoms with van der Waals surface area (Å²) in [6.07, 6.45) is 0. The van der Waals surface area contributed by atoms with Crippen molar-refractivity contribution in [3.8, 4) is 5.75 Å². The van der Waals surface area contributed by atoms with E-state index in [0.717, 1.165) is 5.56 Å². The van der Waals surface area contributed by atoms with E-state index in [-0.39, 0.29) is 22.1 Å². The first-order chi connectivity index (χ1) is 9.58. The summed E-state index contributed by atoms with van der Waals surface area (Å²) < 4.78 is 0. The minimum atomic E-state index is -0.298. The Hall–Kier alpha value is -1.71. The van der Waals surface area contributed by atoms with Gasteiger partial charge in [0.25, 0.3) is 5.91 Å². The van der Waals surface area contributed by atoms with E-state index in [4.69, 9.17) is 23.2 Å². The first-order valence-electron chi connectivity index (χ1n) is 6.03. The topological polar surface area (TPSA) is 49.3 Å². The molecule has 0 heterocycles. The molecule has 3 nitrogen and oxygen atoms in total. The summed E-state index contributed by atoms with van der Waals surface area (Å²) in [5, 5.41) is 11.9. The number of benzene rings is 2. The number of phenolic OH excluding ortho intramolecular Hbond substituents is 1. The van der Waals surface area contributed by atoms with Crippen molar-refractivity contribution in [3.63, 3.8) is 0 Å². The Balaban J connectivity index is 1.97. The summed E-state index contributed by atoms with van der Waals surface area (Å²) in [5.41, 5.74) is 1.32. The van der Waals surface area contributed by atoms with E-state index in [0.29, 0.717) is 12.1 Å². The highest BCUT2D eigenvalue weighted by Gasteiger charge is 2.12.